The summed E-state index contributed by atoms with van der Waals surface area (Å²) >= 11 is 0. The standard InChI is InChI=1S/C28H32N4O6S/c1-28(2,3)19-11-9-18(10-12-19)26(34)30-20(14-17-7-8-17)27(35)31-16-22(24-25(31)21(33)15-29-24)39(37,38)23-6-4-5-13-32(23)36/h4-6,9-13,15-17,20,29,33,37-38H,7-8,14H2,1-3H3,(H,30,34). The zero-order valence-corrected chi connectivity index (χ0v) is 22.7. The number of nitrogens with zero attached hydrogens (tertiary/aromatic N) is 2. The molecule has 5 rings (SSSR count). The van der Waals surface area contributed by atoms with Crippen molar-refractivity contribution in [1.29, 1.82) is 0 Å². The minimum Gasteiger partial charge on any atom is -0.617 e. The molecular weight excluding hydrogens is 520 g/mol. The predicted octanol–water partition coefficient (Wildman–Crippen LogP) is 5.01. The van der Waals surface area contributed by atoms with E-state index < -0.39 is 28.4 Å². The van der Waals surface area contributed by atoms with Gasteiger partial charge in [0.25, 0.3) is 11.8 Å². The Morgan fingerprint density at radius 3 is 2.49 bits per heavy atom. The summed E-state index contributed by atoms with van der Waals surface area (Å²) in [5.41, 5.74) is 1.56. The lowest BCUT2D eigenvalue weighted by atomic mass is 9.86. The SMILES string of the molecule is CC(C)(C)c1ccc(C(=O)NC(CC2CC2)C(=O)n2cc(S(O)(O)c3cccc[n+]3[O-])c3[nH]cc(O)c32)cc1. The Hall–Kier alpha value is -3.80. The van der Waals surface area contributed by atoms with Gasteiger partial charge in [0.1, 0.15) is 16.5 Å². The van der Waals surface area contributed by atoms with Crippen molar-refractivity contribution in [3.63, 3.8) is 0 Å². The molecular formula is C28H32N4O6S. The maximum atomic E-state index is 13.9. The van der Waals surface area contributed by atoms with Crippen molar-refractivity contribution in [1.82, 2.24) is 14.9 Å². The molecule has 1 aliphatic rings. The molecule has 1 saturated carbocycles. The number of hydrogen-bond acceptors (Lipinski definition) is 6. The highest BCUT2D eigenvalue weighted by molar-refractivity contribution is 8.24. The van der Waals surface area contributed by atoms with Crippen molar-refractivity contribution in [3.8, 4) is 5.75 Å². The van der Waals surface area contributed by atoms with Gasteiger partial charge in [-0.15, -0.1) is 0 Å². The van der Waals surface area contributed by atoms with Crippen LogP contribution in [0.25, 0.3) is 11.0 Å². The second-order valence-electron chi connectivity index (χ2n) is 11.0. The van der Waals surface area contributed by atoms with Crippen LogP contribution in [0, 0.1) is 11.1 Å². The molecule has 0 spiro atoms. The molecule has 1 fully saturated rings. The third-order valence-electron chi connectivity index (χ3n) is 7.07. The second kappa shape index (κ2) is 9.74. The van der Waals surface area contributed by atoms with E-state index in [1.807, 2.05) is 12.1 Å². The van der Waals surface area contributed by atoms with Crippen molar-refractivity contribution in [2.24, 2.45) is 5.92 Å². The van der Waals surface area contributed by atoms with Crippen LogP contribution in [-0.2, 0) is 5.41 Å². The number of benzene rings is 1. The maximum absolute atomic E-state index is 13.9. The predicted molar refractivity (Wildman–Crippen MR) is 147 cm³/mol. The highest BCUT2D eigenvalue weighted by atomic mass is 32.3. The number of H-pyrrole nitrogens is 1. The van der Waals surface area contributed by atoms with Crippen LogP contribution in [0.3, 0.4) is 0 Å². The van der Waals surface area contributed by atoms with Gasteiger partial charge >= 0.3 is 5.03 Å². The smallest absolute Gasteiger partial charge is 0.310 e. The fraction of sp³-hybridized carbons (Fsp3) is 0.321. The minimum atomic E-state index is -3.87. The molecule has 1 unspecified atom stereocenters. The van der Waals surface area contributed by atoms with Gasteiger partial charge in [-0.3, -0.25) is 23.3 Å². The van der Waals surface area contributed by atoms with Crippen LogP contribution < -0.4 is 10.0 Å². The molecule has 0 radical (unpaired) electrons. The zero-order chi connectivity index (χ0) is 28.1. The van der Waals surface area contributed by atoms with Gasteiger partial charge < -0.3 is 20.6 Å². The number of carbonyl (C=O) groups excluding carboxylic acids is 2. The van der Waals surface area contributed by atoms with Crippen molar-refractivity contribution in [2.45, 2.75) is 61.4 Å². The molecule has 3 aromatic heterocycles. The first kappa shape index (κ1) is 26.8. The van der Waals surface area contributed by atoms with Gasteiger partial charge in [-0.1, -0.05) is 56.3 Å². The molecule has 11 heteroatoms. The second-order valence-corrected chi connectivity index (χ2v) is 13.0. The topological polar surface area (TPSA) is 155 Å². The Balaban J connectivity index is 1.50. The van der Waals surface area contributed by atoms with E-state index >= 15 is 0 Å². The molecule has 206 valence electrons. The maximum Gasteiger partial charge on any atom is 0.310 e. The Kier molecular flexibility index (Phi) is 6.69. The molecule has 1 atom stereocenters. The van der Waals surface area contributed by atoms with E-state index in [0.29, 0.717) is 16.7 Å². The van der Waals surface area contributed by atoms with Crippen molar-refractivity contribution < 1.29 is 28.5 Å². The highest BCUT2D eigenvalue weighted by Crippen LogP contribution is 2.57. The molecule has 0 bridgehead atoms. The molecule has 0 aliphatic heterocycles. The first-order chi connectivity index (χ1) is 18.4. The van der Waals surface area contributed by atoms with Crippen LogP contribution >= 0.6 is 10.6 Å². The van der Waals surface area contributed by atoms with E-state index in [-0.39, 0.29) is 38.0 Å². The first-order valence-corrected chi connectivity index (χ1v) is 14.3. The van der Waals surface area contributed by atoms with E-state index in [9.17, 15) is 29.0 Å². The lowest BCUT2D eigenvalue weighted by Gasteiger charge is -2.28. The highest BCUT2D eigenvalue weighted by Gasteiger charge is 2.36. The van der Waals surface area contributed by atoms with E-state index in [0.717, 1.165) is 29.2 Å². The number of hydrogen-bond donors (Lipinski definition) is 5. The summed E-state index contributed by atoms with van der Waals surface area (Å²) in [5, 5.41) is 25.4. The van der Waals surface area contributed by atoms with Gasteiger partial charge in [0.15, 0.2) is 11.9 Å². The number of fused-ring (bicyclic) bond motifs is 1. The summed E-state index contributed by atoms with van der Waals surface area (Å²) < 4.78 is 23.7. The fourth-order valence-electron chi connectivity index (χ4n) is 4.66. The van der Waals surface area contributed by atoms with Crippen LogP contribution in [0.1, 0.15) is 60.7 Å². The summed E-state index contributed by atoms with van der Waals surface area (Å²) in [7, 11) is -3.87. The number of aromatic amines is 1. The Morgan fingerprint density at radius 1 is 1.18 bits per heavy atom. The quantitative estimate of drug-likeness (QED) is 0.160. The molecule has 1 aliphatic carbocycles. The van der Waals surface area contributed by atoms with Gasteiger partial charge in [0, 0.05) is 30.1 Å². The lowest BCUT2D eigenvalue weighted by molar-refractivity contribution is -0.647. The number of pyridine rings is 1. The normalized spacial score (nSPS) is 15.3. The van der Waals surface area contributed by atoms with Crippen molar-refractivity contribution in [2.75, 3.05) is 0 Å². The van der Waals surface area contributed by atoms with Gasteiger partial charge in [0.05, 0.1) is 5.52 Å². The Labute approximate surface area is 227 Å². The molecule has 1 amide bonds. The Bertz CT molecular complexity index is 1550. The summed E-state index contributed by atoms with van der Waals surface area (Å²) in [4.78, 5) is 29.7. The van der Waals surface area contributed by atoms with Gasteiger partial charge in [-0.25, -0.2) is 0 Å². The zero-order valence-electron chi connectivity index (χ0n) is 21.9. The van der Waals surface area contributed by atoms with Crippen LogP contribution in [-0.4, -0.2) is 41.6 Å². The third-order valence-corrected chi connectivity index (χ3v) is 8.90. The number of rotatable bonds is 7. The summed E-state index contributed by atoms with van der Waals surface area (Å²) in [5.74, 6) is -0.947. The number of nitrogens with one attached hydrogen (secondary N) is 2. The van der Waals surface area contributed by atoms with Crippen molar-refractivity contribution in [3.05, 3.63) is 77.4 Å². The number of amides is 1. The molecule has 1 aromatic carbocycles. The average Bonchev–Trinajstić information content (AvgIpc) is 3.50. The monoisotopic (exact) mass is 552 g/mol. The summed E-state index contributed by atoms with van der Waals surface area (Å²) in [6.45, 7) is 6.25. The first-order valence-electron chi connectivity index (χ1n) is 12.7. The van der Waals surface area contributed by atoms with Crippen LogP contribution in [0.4, 0.5) is 0 Å². The number of aromatic nitrogens is 3. The minimum absolute atomic E-state index is 0.0351. The van der Waals surface area contributed by atoms with E-state index in [4.69, 9.17) is 0 Å². The third kappa shape index (κ3) is 5.12. The van der Waals surface area contributed by atoms with E-state index in [1.165, 1.54) is 30.6 Å². The van der Waals surface area contributed by atoms with Crippen molar-refractivity contribution >= 4 is 33.4 Å². The van der Waals surface area contributed by atoms with Crippen LogP contribution in [0.15, 0.2) is 71.0 Å². The molecule has 3 heterocycles. The molecule has 39 heavy (non-hydrogen) atoms. The Morgan fingerprint density at radius 2 is 1.87 bits per heavy atom. The molecule has 4 aromatic rings. The van der Waals surface area contributed by atoms with Gasteiger partial charge in [0.2, 0.25) is 0 Å². The summed E-state index contributed by atoms with van der Waals surface area (Å²) in [6, 6.07) is 10.6. The molecule has 5 N–H and O–H groups in total. The molecule has 0 saturated heterocycles. The number of carbonyl (C=O) groups is 2. The average molecular weight is 553 g/mol. The van der Waals surface area contributed by atoms with E-state index in [1.54, 1.807) is 12.1 Å². The fourth-order valence-corrected chi connectivity index (χ4v) is 6.16. The number of aromatic hydroxyl groups is 1. The van der Waals surface area contributed by atoms with E-state index in [2.05, 4.69) is 31.1 Å². The van der Waals surface area contributed by atoms with Gasteiger partial charge in [-0.2, -0.15) is 4.73 Å². The summed E-state index contributed by atoms with van der Waals surface area (Å²) in [6.07, 6.45) is 5.88. The van der Waals surface area contributed by atoms with Crippen LogP contribution in [0.5, 0.6) is 5.75 Å². The largest absolute Gasteiger partial charge is 0.617 e. The van der Waals surface area contributed by atoms with Crippen LogP contribution in [0.2, 0.25) is 0 Å². The lowest BCUT2D eigenvalue weighted by Crippen LogP contribution is -2.43. The van der Waals surface area contributed by atoms with Gasteiger partial charge in [-0.05, 0) is 41.5 Å². The molecule has 10 nitrogen and oxygen atoms in total.